The number of rotatable bonds is 4. The minimum atomic E-state index is -0.879. The van der Waals surface area contributed by atoms with Crippen molar-refractivity contribution in [2.24, 2.45) is 5.92 Å². The second-order valence-corrected chi connectivity index (χ2v) is 4.90. The Morgan fingerprint density at radius 1 is 1.32 bits per heavy atom. The summed E-state index contributed by atoms with van der Waals surface area (Å²) in [7, 11) is 0. The number of aryl methyl sites for hydroxylation is 1. The highest BCUT2D eigenvalue weighted by Crippen LogP contribution is 2.24. The molecule has 1 atom stereocenters. The van der Waals surface area contributed by atoms with Crippen LogP contribution in [0, 0.1) is 12.8 Å². The van der Waals surface area contributed by atoms with Gasteiger partial charge in [-0.15, -0.1) is 0 Å². The van der Waals surface area contributed by atoms with Crippen molar-refractivity contribution in [3.05, 3.63) is 30.1 Å². The van der Waals surface area contributed by atoms with Gasteiger partial charge in [0.05, 0.1) is 5.52 Å². The SMILES string of the molecule is Cc1cccc2ncnc(N[C@H](C(=O)O)C(C)C)c12. The molecule has 0 fully saturated rings. The molecule has 2 rings (SSSR count). The molecule has 1 heterocycles. The van der Waals surface area contributed by atoms with E-state index in [2.05, 4.69) is 15.3 Å². The number of aromatic nitrogens is 2. The summed E-state index contributed by atoms with van der Waals surface area (Å²) in [5.74, 6) is -0.342. The minimum Gasteiger partial charge on any atom is -0.480 e. The molecule has 2 aromatic rings. The number of fused-ring (bicyclic) bond motifs is 1. The van der Waals surface area contributed by atoms with Gasteiger partial charge in [0.2, 0.25) is 0 Å². The maximum absolute atomic E-state index is 11.3. The zero-order valence-electron chi connectivity index (χ0n) is 11.2. The topological polar surface area (TPSA) is 75.1 Å². The molecule has 0 aliphatic carbocycles. The van der Waals surface area contributed by atoms with E-state index >= 15 is 0 Å². The Bertz CT molecular complexity index is 605. The van der Waals surface area contributed by atoms with Crippen LogP contribution in [-0.4, -0.2) is 27.1 Å². The molecule has 1 aromatic heterocycles. The van der Waals surface area contributed by atoms with Crippen molar-refractivity contribution in [2.45, 2.75) is 26.8 Å². The summed E-state index contributed by atoms with van der Waals surface area (Å²) in [6.45, 7) is 5.69. The number of carboxylic acid groups (broad SMARTS) is 1. The van der Waals surface area contributed by atoms with Crippen LogP contribution in [0.4, 0.5) is 5.82 Å². The number of nitrogens with one attached hydrogen (secondary N) is 1. The Kier molecular flexibility index (Phi) is 3.64. The highest BCUT2D eigenvalue weighted by molar-refractivity contribution is 5.93. The molecule has 2 N–H and O–H groups in total. The second kappa shape index (κ2) is 5.22. The van der Waals surface area contributed by atoms with E-state index in [0.29, 0.717) is 5.82 Å². The van der Waals surface area contributed by atoms with Gasteiger partial charge in [0.25, 0.3) is 0 Å². The lowest BCUT2D eigenvalue weighted by Crippen LogP contribution is -2.34. The van der Waals surface area contributed by atoms with Crippen molar-refractivity contribution >= 4 is 22.7 Å². The summed E-state index contributed by atoms with van der Waals surface area (Å²) in [6.07, 6.45) is 1.45. The molecule has 0 saturated carbocycles. The molecule has 0 bridgehead atoms. The molecule has 0 saturated heterocycles. The lowest BCUT2D eigenvalue weighted by atomic mass is 10.0. The predicted molar refractivity (Wildman–Crippen MR) is 74.2 cm³/mol. The summed E-state index contributed by atoms with van der Waals surface area (Å²) in [6, 6.07) is 5.10. The summed E-state index contributed by atoms with van der Waals surface area (Å²) in [4.78, 5) is 19.6. The summed E-state index contributed by atoms with van der Waals surface area (Å²) < 4.78 is 0. The number of carboxylic acids is 1. The Morgan fingerprint density at radius 3 is 2.68 bits per heavy atom. The van der Waals surface area contributed by atoms with Gasteiger partial charge in [0, 0.05) is 5.39 Å². The van der Waals surface area contributed by atoms with Gasteiger partial charge in [-0.1, -0.05) is 26.0 Å². The summed E-state index contributed by atoms with van der Waals surface area (Å²) >= 11 is 0. The molecule has 0 aliphatic heterocycles. The standard InChI is InChI=1S/C14H17N3O2/c1-8(2)12(14(18)19)17-13-11-9(3)5-4-6-10(11)15-7-16-13/h4-8,12H,1-3H3,(H,18,19)(H,15,16,17)/t12-/m0/s1. The minimum absolute atomic E-state index is 0.0356. The van der Waals surface area contributed by atoms with E-state index in [9.17, 15) is 9.90 Å². The van der Waals surface area contributed by atoms with Gasteiger partial charge in [-0.25, -0.2) is 14.8 Å². The molecule has 100 valence electrons. The van der Waals surface area contributed by atoms with Gasteiger partial charge in [-0.05, 0) is 24.5 Å². The van der Waals surface area contributed by atoms with Crippen molar-refractivity contribution in [1.29, 1.82) is 0 Å². The van der Waals surface area contributed by atoms with Gasteiger partial charge in [0.15, 0.2) is 0 Å². The lowest BCUT2D eigenvalue weighted by Gasteiger charge is -2.19. The summed E-state index contributed by atoms with van der Waals surface area (Å²) in [5, 5.41) is 13.1. The first-order valence-corrected chi connectivity index (χ1v) is 6.20. The molecule has 0 amide bonds. The number of carbonyl (C=O) groups is 1. The van der Waals surface area contributed by atoms with Gasteiger partial charge in [-0.3, -0.25) is 0 Å². The number of benzene rings is 1. The van der Waals surface area contributed by atoms with Crippen molar-refractivity contribution < 1.29 is 9.90 Å². The number of hydrogen-bond donors (Lipinski definition) is 2. The van der Waals surface area contributed by atoms with E-state index in [1.165, 1.54) is 6.33 Å². The number of aliphatic carboxylic acids is 1. The van der Waals surface area contributed by atoms with Crippen LogP contribution in [0.5, 0.6) is 0 Å². The number of hydrogen-bond acceptors (Lipinski definition) is 4. The molecule has 5 heteroatoms. The first-order chi connectivity index (χ1) is 9.00. The maximum atomic E-state index is 11.3. The third kappa shape index (κ3) is 2.65. The smallest absolute Gasteiger partial charge is 0.326 e. The highest BCUT2D eigenvalue weighted by atomic mass is 16.4. The van der Waals surface area contributed by atoms with Gasteiger partial charge in [-0.2, -0.15) is 0 Å². The Hall–Kier alpha value is -2.17. The largest absolute Gasteiger partial charge is 0.480 e. The van der Waals surface area contributed by atoms with E-state index in [-0.39, 0.29) is 5.92 Å². The molecular weight excluding hydrogens is 242 g/mol. The highest BCUT2D eigenvalue weighted by Gasteiger charge is 2.22. The molecule has 0 radical (unpaired) electrons. The van der Waals surface area contributed by atoms with Crippen molar-refractivity contribution in [3.63, 3.8) is 0 Å². The monoisotopic (exact) mass is 259 g/mol. The molecule has 5 nitrogen and oxygen atoms in total. The fourth-order valence-corrected chi connectivity index (χ4v) is 2.05. The van der Waals surface area contributed by atoms with Crippen molar-refractivity contribution in [3.8, 4) is 0 Å². The Labute approximate surface area is 111 Å². The van der Waals surface area contributed by atoms with Crippen LogP contribution in [0.1, 0.15) is 19.4 Å². The van der Waals surface area contributed by atoms with Crippen LogP contribution >= 0.6 is 0 Å². The molecule has 1 aromatic carbocycles. The lowest BCUT2D eigenvalue weighted by molar-refractivity contribution is -0.138. The quantitative estimate of drug-likeness (QED) is 0.882. The van der Waals surface area contributed by atoms with Crippen LogP contribution in [0.2, 0.25) is 0 Å². The fraction of sp³-hybridized carbons (Fsp3) is 0.357. The average molecular weight is 259 g/mol. The van der Waals surface area contributed by atoms with Crippen LogP contribution < -0.4 is 5.32 Å². The van der Waals surface area contributed by atoms with E-state index in [1.54, 1.807) is 0 Å². The van der Waals surface area contributed by atoms with Crippen LogP contribution in [0.15, 0.2) is 24.5 Å². The van der Waals surface area contributed by atoms with Gasteiger partial charge < -0.3 is 10.4 Å². The van der Waals surface area contributed by atoms with Crippen LogP contribution in [-0.2, 0) is 4.79 Å². The zero-order chi connectivity index (χ0) is 14.0. The van der Waals surface area contributed by atoms with Crippen molar-refractivity contribution in [2.75, 3.05) is 5.32 Å². The fourth-order valence-electron chi connectivity index (χ4n) is 2.05. The number of nitrogens with zero attached hydrogens (tertiary/aromatic N) is 2. The molecule has 0 aliphatic rings. The molecule has 0 spiro atoms. The average Bonchev–Trinajstić information content (AvgIpc) is 2.35. The van der Waals surface area contributed by atoms with E-state index in [0.717, 1.165) is 16.5 Å². The second-order valence-electron chi connectivity index (χ2n) is 4.90. The molecule has 0 unspecified atom stereocenters. The Balaban J connectivity index is 2.48. The van der Waals surface area contributed by atoms with Gasteiger partial charge >= 0.3 is 5.97 Å². The van der Waals surface area contributed by atoms with Crippen LogP contribution in [0.3, 0.4) is 0 Å². The maximum Gasteiger partial charge on any atom is 0.326 e. The third-order valence-corrected chi connectivity index (χ3v) is 3.10. The first kappa shape index (κ1) is 13.3. The zero-order valence-corrected chi connectivity index (χ0v) is 11.2. The summed E-state index contributed by atoms with van der Waals surface area (Å²) in [5.41, 5.74) is 1.83. The van der Waals surface area contributed by atoms with E-state index in [4.69, 9.17) is 0 Å². The van der Waals surface area contributed by atoms with E-state index in [1.807, 2.05) is 39.0 Å². The normalized spacial score (nSPS) is 12.6. The molecular formula is C14H17N3O2. The van der Waals surface area contributed by atoms with Crippen molar-refractivity contribution in [1.82, 2.24) is 9.97 Å². The predicted octanol–water partition coefficient (Wildman–Crippen LogP) is 2.46. The Morgan fingerprint density at radius 2 is 2.05 bits per heavy atom. The van der Waals surface area contributed by atoms with Gasteiger partial charge in [0.1, 0.15) is 18.2 Å². The van der Waals surface area contributed by atoms with E-state index < -0.39 is 12.0 Å². The first-order valence-electron chi connectivity index (χ1n) is 6.20. The number of anilines is 1. The molecule has 19 heavy (non-hydrogen) atoms. The third-order valence-electron chi connectivity index (χ3n) is 3.10. The van der Waals surface area contributed by atoms with Crippen LogP contribution in [0.25, 0.3) is 10.9 Å².